The van der Waals surface area contributed by atoms with E-state index in [4.69, 9.17) is 32.5 Å². The predicted octanol–water partition coefficient (Wildman–Crippen LogP) is 4.33. The van der Waals surface area contributed by atoms with Gasteiger partial charge in [0.1, 0.15) is 5.15 Å². The van der Waals surface area contributed by atoms with E-state index in [0.717, 1.165) is 11.0 Å². The van der Waals surface area contributed by atoms with Crippen LogP contribution in [-0.2, 0) is 9.31 Å². The Bertz CT molecular complexity index is 562. The SMILES string of the molecule is CC1(C)OB(C(=Cc2cnc(Cl)c(Cl)c2)CS)OC1(C)C. The van der Waals surface area contributed by atoms with Crippen molar-refractivity contribution in [3.05, 3.63) is 33.5 Å². The molecule has 1 fully saturated rings. The Balaban J connectivity index is 2.28. The van der Waals surface area contributed by atoms with E-state index in [9.17, 15) is 0 Å². The van der Waals surface area contributed by atoms with Crippen molar-refractivity contribution in [3.8, 4) is 0 Å². The van der Waals surface area contributed by atoms with Gasteiger partial charge in [-0.05, 0) is 44.8 Å². The van der Waals surface area contributed by atoms with Gasteiger partial charge in [0.05, 0.1) is 16.2 Å². The van der Waals surface area contributed by atoms with Crippen molar-refractivity contribution in [2.75, 3.05) is 5.75 Å². The minimum absolute atomic E-state index is 0.289. The van der Waals surface area contributed by atoms with Crippen LogP contribution in [0, 0.1) is 0 Å². The van der Waals surface area contributed by atoms with Gasteiger partial charge in [-0.2, -0.15) is 12.6 Å². The molecular formula is C14H18BCl2NO2S. The summed E-state index contributed by atoms with van der Waals surface area (Å²) in [6, 6.07) is 1.76. The summed E-state index contributed by atoms with van der Waals surface area (Å²) in [6.45, 7) is 8.07. The van der Waals surface area contributed by atoms with Gasteiger partial charge >= 0.3 is 7.12 Å². The van der Waals surface area contributed by atoms with Crippen molar-refractivity contribution < 1.29 is 9.31 Å². The summed E-state index contributed by atoms with van der Waals surface area (Å²) >= 11 is 16.2. The van der Waals surface area contributed by atoms with Crippen LogP contribution in [0.4, 0.5) is 0 Å². The predicted molar refractivity (Wildman–Crippen MR) is 92.2 cm³/mol. The lowest BCUT2D eigenvalue weighted by molar-refractivity contribution is 0.00578. The third-order valence-electron chi connectivity index (χ3n) is 3.91. The molecule has 2 rings (SSSR count). The number of rotatable bonds is 3. The Morgan fingerprint density at radius 2 is 1.86 bits per heavy atom. The second-order valence-electron chi connectivity index (χ2n) is 6.01. The zero-order valence-corrected chi connectivity index (χ0v) is 14.9. The molecule has 0 saturated carbocycles. The Hall–Kier alpha value is -0.195. The largest absolute Gasteiger partial charge is 0.491 e. The van der Waals surface area contributed by atoms with Crippen molar-refractivity contribution in [1.29, 1.82) is 0 Å². The van der Waals surface area contributed by atoms with Gasteiger partial charge in [0, 0.05) is 11.9 Å². The van der Waals surface area contributed by atoms with Crippen molar-refractivity contribution in [3.63, 3.8) is 0 Å². The second kappa shape index (κ2) is 6.13. The van der Waals surface area contributed by atoms with E-state index in [1.165, 1.54) is 0 Å². The lowest BCUT2D eigenvalue weighted by Gasteiger charge is -2.32. The molecule has 114 valence electrons. The third kappa shape index (κ3) is 3.59. The first kappa shape index (κ1) is 17.2. The molecule has 0 amide bonds. The van der Waals surface area contributed by atoms with Crippen LogP contribution in [0.15, 0.2) is 17.7 Å². The third-order valence-corrected chi connectivity index (χ3v) is 4.96. The van der Waals surface area contributed by atoms with E-state index in [1.54, 1.807) is 12.3 Å². The summed E-state index contributed by atoms with van der Waals surface area (Å²) in [7, 11) is -0.429. The van der Waals surface area contributed by atoms with Crippen LogP contribution in [0.5, 0.6) is 0 Å². The van der Waals surface area contributed by atoms with Gasteiger partial charge in [0.15, 0.2) is 0 Å². The van der Waals surface area contributed by atoms with E-state index in [1.807, 2.05) is 33.8 Å². The van der Waals surface area contributed by atoms with Crippen LogP contribution < -0.4 is 0 Å². The van der Waals surface area contributed by atoms with Crippen molar-refractivity contribution in [2.45, 2.75) is 38.9 Å². The minimum atomic E-state index is -0.429. The molecule has 2 heterocycles. The molecular weight excluding hydrogens is 328 g/mol. The van der Waals surface area contributed by atoms with E-state index >= 15 is 0 Å². The molecule has 1 aromatic heterocycles. The van der Waals surface area contributed by atoms with E-state index < -0.39 is 7.12 Å². The summed E-state index contributed by atoms with van der Waals surface area (Å²) in [6.07, 6.45) is 3.58. The molecule has 1 saturated heterocycles. The maximum atomic E-state index is 6.02. The van der Waals surface area contributed by atoms with Gasteiger partial charge in [-0.25, -0.2) is 4.98 Å². The number of thiol groups is 1. The first-order chi connectivity index (χ1) is 9.66. The zero-order valence-electron chi connectivity index (χ0n) is 12.5. The highest BCUT2D eigenvalue weighted by atomic mass is 35.5. The highest BCUT2D eigenvalue weighted by Gasteiger charge is 2.52. The molecule has 0 aliphatic carbocycles. The van der Waals surface area contributed by atoms with Crippen LogP contribution >= 0.6 is 35.8 Å². The molecule has 7 heteroatoms. The minimum Gasteiger partial charge on any atom is -0.400 e. The first-order valence-corrected chi connectivity index (χ1v) is 8.03. The molecule has 1 aliphatic rings. The molecule has 1 aliphatic heterocycles. The molecule has 3 nitrogen and oxygen atoms in total. The quantitative estimate of drug-likeness (QED) is 0.502. The van der Waals surface area contributed by atoms with Gasteiger partial charge in [0.2, 0.25) is 0 Å². The number of pyridine rings is 1. The maximum Gasteiger partial charge on any atom is 0.491 e. The highest BCUT2D eigenvalue weighted by molar-refractivity contribution is 7.80. The van der Waals surface area contributed by atoms with Crippen LogP contribution in [0.3, 0.4) is 0 Å². The maximum absolute atomic E-state index is 6.02. The van der Waals surface area contributed by atoms with Crippen LogP contribution in [0.25, 0.3) is 6.08 Å². The van der Waals surface area contributed by atoms with Crippen LogP contribution in [0.2, 0.25) is 10.2 Å². The van der Waals surface area contributed by atoms with Gasteiger partial charge in [-0.3, -0.25) is 0 Å². The van der Waals surface area contributed by atoms with E-state index in [-0.39, 0.29) is 16.4 Å². The summed E-state index contributed by atoms with van der Waals surface area (Å²) < 4.78 is 12.0. The topological polar surface area (TPSA) is 31.4 Å². The van der Waals surface area contributed by atoms with Gasteiger partial charge in [-0.1, -0.05) is 29.3 Å². The van der Waals surface area contributed by atoms with Gasteiger partial charge in [0.25, 0.3) is 0 Å². The average molecular weight is 346 g/mol. The fourth-order valence-corrected chi connectivity index (χ4v) is 2.43. The molecule has 0 spiro atoms. The Morgan fingerprint density at radius 3 is 2.33 bits per heavy atom. The number of nitrogens with zero attached hydrogens (tertiary/aromatic N) is 1. The van der Waals surface area contributed by atoms with Crippen LogP contribution in [-0.4, -0.2) is 29.1 Å². The van der Waals surface area contributed by atoms with E-state index in [2.05, 4.69) is 17.6 Å². The van der Waals surface area contributed by atoms with Crippen molar-refractivity contribution in [1.82, 2.24) is 4.98 Å². The average Bonchev–Trinajstić information content (AvgIpc) is 2.59. The van der Waals surface area contributed by atoms with Crippen LogP contribution in [0.1, 0.15) is 33.3 Å². The summed E-state index contributed by atoms with van der Waals surface area (Å²) in [5, 5.41) is 0.703. The number of hydrogen-bond donors (Lipinski definition) is 1. The van der Waals surface area contributed by atoms with E-state index in [0.29, 0.717) is 10.8 Å². The summed E-state index contributed by atoms with van der Waals surface area (Å²) in [4.78, 5) is 4.03. The molecule has 0 aromatic carbocycles. The first-order valence-electron chi connectivity index (χ1n) is 6.64. The van der Waals surface area contributed by atoms with Crippen molar-refractivity contribution in [2.24, 2.45) is 0 Å². The number of aromatic nitrogens is 1. The van der Waals surface area contributed by atoms with Crippen molar-refractivity contribution >= 4 is 49.0 Å². The van der Waals surface area contributed by atoms with Gasteiger partial charge < -0.3 is 9.31 Å². The summed E-state index contributed by atoms with van der Waals surface area (Å²) in [5.74, 6) is 0.511. The monoisotopic (exact) mass is 345 g/mol. The normalized spacial score (nSPS) is 20.9. The molecule has 0 unspecified atom stereocenters. The smallest absolute Gasteiger partial charge is 0.400 e. The standard InChI is InChI=1S/C14H18BCl2NO2S/c1-13(2)14(3,4)20-15(19-13)10(8-21)5-9-6-11(16)12(17)18-7-9/h5-7,21H,8H2,1-4H3. The molecule has 0 atom stereocenters. The lowest BCUT2D eigenvalue weighted by atomic mass is 9.78. The molecule has 0 bridgehead atoms. The molecule has 1 aromatic rings. The fourth-order valence-electron chi connectivity index (χ4n) is 1.91. The number of hydrogen-bond acceptors (Lipinski definition) is 4. The summed E-state index contributed by atoms with van der Waals surface area (Å²) in [5.41, 5.74) is 0.992. The molecule has 0 radical (unpaired) electrons. The Morgan fingerprint density at radius 1 is 1.29 bits per heavy atom. The Kier molecular flexibility index (Phi) is 5.01. The Labute approximate surface area is 141 Å². The molecule has 21 heavy (non-hydrogen) atoms. The molecule has 0 N–H and O–H groups in total. The van der Waals surface area contributed by atoms with Gasteiger partial charge in [-0.15, -0.1) is 0 Å². The number of halogens is 2. The second-order valence-corrected chi connectivity index (χ2v) is 7.09. The zero-order chi connectivity index (χ0) is 15.8. The fraction of sp³-hybridized carbons (Fsp3) is 0.500. The highest BCUT2D eigenvalue weighted by Crippen LogP contribution is 2.39. The lowest BCUT2D eigenvalue weighted by Crippen LogP contribution is -2.41.